The fraction of sp³-hybridized carbons (Fsp3) is 0.0500. The molecule has 0 unspecified atom stereocenters. The molecule has 0 fully saturated rings. The molecular formula is C20H14ClN3OS2. The summed E-state index contributed by atoms with van der Waals surface area (Å²) < 4.78 is 0.999. The Labute approximate surface area is 169 Å². The van der Waals surface area contributed by atoms with Crippen LogP contribution in [-0.2, 0) is 0 Å². The number of rotatable bonds is 4. The predicted molar refractivity (Wildman–Crippen MR) is 112 cm³/mol. The predicted octanol–water partition coefficient (Wildman–Crippen LogP) is 6.06. The Morgan fingerprint density at radius 3 is 2.63 bits per heavy atom. The summed E-state index contributed by atoms with van der Waals surface area (Å²) in [7, 11) is 0. The molecule has 1 N–H and O–H groups in total. The lowest BCUT2D eigenvalue weighted by Gasteiger charge is -2.09. The Bertz CT molecular complexity index is 1130. The zero-order valence-electron chi connectivity index (χ0n) is 14.3. The van der Waals surface area contributed by atoms with Gasteiger partial charge in [-0.15, -0.1) is 11.3 Å². The van der Waals surface area contributed by atoms with Crippen molar-refractivity contribution in [2.24, 2.45) is 0 Å². The summed E-state index contributed by atoms with van der Waals surface area (Å²) in [4.78, 5) is 22.7. The van der Waals surface area contributed by atoms with E-state index in [-0.39, 0.29) is 5.91 Å². The Morgan fingerprint density at radius 2 is 1.89 bits per heavy atom. The van der Waals surface area contributed by atoms with E-state index in [0.717, 1.165) is 26.2 Å². The lowest BCUT2D eigenvalue weighted by molar-refractivity contribution is 0.103. The minimum atomic E-state index is -0.198. The molecule has 0 saturated heterocycles. The normalized spacial score (nSPS) is 10.9. The highest BCUT2D eigenvalue weighted by Gasteiger charge is 2.17. The molecule has 4 rings (SSSR count). The van der Waals surface area contributed by atoms with Crippen LogP contribution < -0.4 is 5.32 Å². The van der Waals surface area contributed by atoms with Gasteiger partial charge in [-0.25, -0.2) is 9.97 Å². The van der Waals surface area contributed by atoms with Gasteiger partial charge in [0.1, 0.15) is 4.88 Å². The number of fused-ring (bicyclic) bond motifs is 1. The number of amides is 1. The zero-order valence-corrected chi connectivity index (χ0v) is 16.7. The molecule has 27 heavy (non-hydrogen) atoms. The van der Waals surface area contributed by atoms with Crippen LogP contribution in [0.1, 0.15) is 15.2 Å². The standard InChI is InChI=1S/C20H14ClN3OS2/c1-12-11-13(26-20-22-9-4-10-23-20)7-8-15(12)24-19(25)18-17(21)14-5-2-3-6-16(14)27-18/h2-11H,1H3,(H,24,25). The number of carbonyl (C=O) groups is 1. The van der Waals surface area contributed by atoms with Crippen molar-refractivity contribution in [1.29, 1.82) is 0 Å². The summed E-state index contributed by atoms with van der Waals surface area (Å²) in [6, 6.07) is 15.4. The van der Waals surface area contributed by atoms with Gasteiger partial charge in [0.2, 0.25) is 0 Å². The van der Waals surface area contributed by atoms with Crippen LogP contribution >= 0.6 is 34.7 Å². The third kappa shape index (κ3) is 3.83. The number of thiophene rings is 1. The third-order valence-corrected chi connectivity index (χ3v) is 6.50. The van der Waals surface area contributed by atoms with Crippen molar-refractivity contribution in [2.75, 3.05) is 5.32 Å². The highest BCUT2D eigenvalue weighted by molar-refractivity contribution is 7.99. The average Bonchev–Trinajstić information content (AvgIpc) is 3.02. The Kier molecular flexibility index (Phi) is 5.11. The molecule has 1 amide bonds. The lowest BCUT2D eigenvalue weighted by Crippen LogP contribution is -2.11. The van der Waals surface area contributed by atoms with Crippen molar-refractivity contribution in [3.05, 3.63) is 76.4 Å². The molecule has 2 aromatic heterocycles. The third-order valence-electron chi connectivity index (χ3n) is 3.94. The number of hydrogen-bond donors (Lipinski definition) is 1. The van der Waals surface area contributed by atoms with Crippen LogP contribution in [-0.4, -0.2) is 15.9 Å². The van der Waals surface area contributed by atoms with Gasteiger partial charge in [-0.3, -0.25) is 4.79 Å². The van der Waals surface area contributed by atoms with Crippen LogP contribution in [0.4, 0.5) is 5.69 Å². The topological polar surface area (TPSA) is 54.9 Å². The zero-order chi connectivity index (χ0) is 18.8. The maximum absolute atomic E-state index is 12.7. The lowest BCUT2D eigenvalue weighted by atomic mass is 10.2. The van der Waals surface area contributed by atoms with E-state index in [0.29, 0.717) is 15.1 Å². The van der Waals surface area contributed by atoms with E-state index in [1.54, 1.807) is 18.5 Å². The van der Waals surface area contributed by atoms with Crippen LogP contribution in [0.3, 0.4) is 0 Å². The number of nitrogens with zero attached hydrogens (tertiary/aromatic N) is 2. The molecule has 4 aromatic rings. The van der Waals surface area contributed by atoms with Gasteiger partial charge < -0.3 is 5.32 Å². The number of carbonyl (C=O) groups excluding carboxylic acids is 1. The first-order valence-electron chi connectivity index (χ1n) is 8.16. The molecule has 0 bridgehead atoms. The second kappa shape index (κ2) is 7.68. The maximum Gasteiger partial charge on any atom is 0.267 e. The van der Waals surface area contributed by atoms with Crippen molar-refractivity contribution in [3.8, 4) is 0 Å². The summed E-state index contributed by atoms with van der Waals surface area (Å²) in [5.41, 5.74) is 1.72. The molecule has 134 valence electrons. The molecule has 0 aliphatic carbocycles. The molecule has 2 heterocycles. The van der Waals surface area contributed by atoms with Gasteiger partial charge >= 0.3 is 0 Å². The van der Waals surface area contributed by atoms with Crippen molar-refractivity contribution in [3.63, 3.8) is 0 Å². The van der Waals surface area contributed by atoms with Crippen LogP contribution in [0.15, 0.2) is 71.0 Å². The summed E-state index contributed by atoms with van der Waals surface area (Å²) in [6.45, 7) is 1.96. The van der Waals surface area contributed by atoms with Gasteiger partial charge in [0.05, 0.1) is 5.02 Å². The van der Waals surface area contributed by atoms with Gasteiger partial charge in [-0.05, 0) is 54.6 Å². The molecular weight excluding hydrogens is 398 g/mol. The molecule has 7 heteroatoms. The summed E-state index contributed by atoms with van der Waals surface area (Å²) in [6.07, 6.45) is 3.43. The van der Waals surface area contributed by atoms with Crippen molar-refractivity contribution >= 4 is 56.4 Å². The first-order valence-corrected chi connectivity index (χ1v) is 10.2. The number of aromatic nitrogens is 2. The van der Waals surface area contributed by atoms with Crippen molar-refractivity contribution in [2.45, 2.75) is 17.0 Å². The molecule has 0 aliphatic heterocycles. The number of aryl methyl sites for hydroxylation is 1. The SMILES string of the molecule is Cc1cc(Sc2ncccn2)ccc1NC(=O)c1sc2ccccc2c1Cl. The largest absolute Gasteiger partial charge is 0.321 e. The number of nitrogens with one attached hydrogen (secondary N) is 1. The quantitative estimate of drug-likeness (QED) is 0.415. The number of halogens is 1. The van der Waals surface area contributed by atoms with E-state index in [2.05, 4.69) is 15.3 Å². The Morgan fingerprint density at radius 1 is 1.11 bits per heavy atom. The highest BCUT2D eigenvalue weighted by atomic mass is 35.5. The van der Waals surface area contributed by atoms with Gasteiger partial charge in [-0.2, -0.15) is 0 Å². The van der Waals surface area contributed by atoms with Crippen molar-refractivity contribution in [1.82, 2.24) is 9.97 Å². The Hall–Kier alpha value is -2.41. The minimum Gasteiger partial charge on any atom is -0.321 e. The van der Waals surface area contributed by atoms with Gasteiger partial charge in [0.25, 0.3) is 5.91 Å². The first-order chi connectivity index (χ1) is 13.1. The average molecular weight is 412 g/mol. The number of anilines is 1. The molecule has 2 aromatic carbocycles. The van der Waals surface area contributed by atoms with Crippen LogP contribution in [0.5, 0.6) is 0 Å². The monoisotopic (exact) mass is 411 g/mol. The summed E-state index contributed by atoms with van der Waals surface area (Å²) in [5, 5.41) is 5.05. The van der Waals surface area contributed by atoms with Gasteiger partial charge in [-0.1, -0.05) is 29.8 Å². The second-order valence-electron chi connectivity index (χ2n) is 5.81. The van der Waals surface area contributed by atoms with E-state index in [1.807, 2.05) is 49.4 Å². The molecule has 0 aliphatic rings. The fourth-order valence-electron chi connectivity index (χ4n) is 2.62. The fourth-order valence-corrected chi connectivity index (χ4v) is 4.84. The van der Waals surface area contributed by atoms with Gasteiger partial charge in [0.15, 0.2) is 5.16 Å². The minimum absolute atomic E-state index is 0.198. The molecule has 0 atom stereocenters. The van der Waals surface area contributed by atoms with Crippen LogP contribution in [0.25, 0.3) is 10.1 Å². The smallest absolute Gasteiger partial charge is 0.267 e. The maximum atomic E-state index is 12.7. The highest BCUT2D eigenvalue weighted by Crippen LogP contribution is 2.36. The molecule has 0 spiro atoms. The first kappa shape index (κ1) is 18.0. The van der Waals surface area contributed by atoms with Crippen molar-refractivity contribution < 1.29 is 4.79 Å². The van der Waals surface area contributed by atoms with Crippen LogP contribution in [0, 0.1) is 6.92 Å². The summed E-state index contributed by atoms with van der Waals surface area (Å²) in [5.74, 6) is -0.198. The van der Waals surface area contributed by atoms with E-state index in [4.69, 9.17) is 11.6 Å². The molecule has 4 nitrogen and oxygen atoms in total. The van der Waals surface area contributed by atoms with Crippen LogP contribution in [0.2, 0.25) is 5.02 Å². The van der Waals surface area contributed by atoms with E-state index in [9.17, 15) is 4.79 Å². The summed E-state index contributed by atoms with van der Waals surface area (Å²) >= 11 is 9.28. The van der Waals surface area contributed by atoms with Gasteiger partial charge in [0, 0.05) is 33.1 Å². The second-order valence-corrected chi connectivity index (χ2v) is 8.28. The molecule has 0 saturated carbocycles. The molecule has 0 radical (unpaired) electrons. The van der Waals surface area contributed by atoms with E-state index in [1.165, 1.54) is 23.1 Å². The van der Waals surface area contributed by atoms with E-state index < -0.39 is 0 Å². The number of benzene rings is 2. The Balaban J connectivity index is 1.55. The number of hydrogen-bond acceptors (Lipinski definition) is 5. The van der Waals surface area contributed by atoms with E-state index >= 15 is 0 Å².